The Morgan fingerprint density at radius 1 is 1.15 bits per heavy atom. The lowest BCUT2D eigenvalue weighted by Crippen LogP contribution is -2.27. The van der Waals surface area contributed by atoms with Crippen LogP contribution in [0.2, 0.25) is 0 Å². The first kappa shape index (κ1) is 19.3. The average Bonchev–Trinajstić information content (AvgIpc) is 2.59. The monoisotopic (exact) mass is 370 g/mol. The molecule has 0 saturated heterocycles. The van der Waals surface area contributed by atoms with Gasteiger partial charge in [0.15, 0.2) is 12.4 Å². The molecule has 0 aliphatic carbocycles. The van der Waals surface area contributed by atoms with Crippen LogP contribution in [-0.4, -0.2) is 27.9 Å². The van der Waals surface area contributed by atoms with E-state index in [4.69, 9.17) is 4.74 Å². The third-order valence-electron chi connectivity index (χ3n) is 4.97. The molecule has 0 amide bonds. The number of aryl methyl sites for hydroxylation is 1. The van der Waals surface area contributed by atoms with Crippen LogP contribution in [0.1, 0.15) is 62.6 Å². The highest BCUT2D eigenvalue weighted by atomic mass is 16.5. The molecule has 2 aromatic rings. The molecule has 0 fully saturated rings. The standard InChI is InChI=1S/C21H26N2O4/c1-21(2,3)17(24)13-27-20(26)14-9-10-15-16(12-14)22-18-8-6-4-5-7-11-23(18)19(15)25/h9-10,12H,4-8,11,13H2,1-3H3. The lowest BCUT2D eigenvalue weighted by atomic mass is 9.91. The number of carbonyl (C=O) groups is 2. The van der Waals surface area contributed by atoms with Gasteiger partial charge in [0.1, 0.15) is 5.82 Å². The number of rotatable bonds is 3. The molecule has 0 unspecified atom stereocenters. The largest absolute Gasteiger partial charge is 0.454 e. The minimum Gasteiger partial charge on any atom is -0.454 e. The van der Waals surface area contributed by atoms with E-state index in [1.807, 2.05) is 0 Å². The van der Waals surface area contributed by atoms with Crippen molar-refractivity contribution in [1.82, 2.24) is 9.55 Å². The molecule has 1 aromatic carbocycles. The van der Waals surface area contributed by atoms with Gasteiger partial charge in [-0.25, -0.2) is 9.78 Å². The van der Waals surface area contributed by atoms with Crippen LogP contribution in [-0.2, 0) is 22.5 Å². The second-order valence-corrected chi connectivity index (χ2v) is 8.13. The summed E-state index contributed by atoms with van der Waals surface area (Å²) >= 11 is 0. The van der Waals surface area contributed by atoms with Gasteiger partial charge >= 0.3 is 5.97 Å². The predicted molar refractivity (Wildman–Crippen MR) is 103 cm³/mol. The van der Waals surface area contributed by atoms with Crippen LogP contribution in [0.15, 0.2) is 23.0 Å². The number of hydrogen-bond donors (Lipinski definition) is 0. The van der Waals surface area contributed by atoms with Crippen LogP contribution in [0.5, 0.6) is 0 Å². The van der Waals surface area contributed by atoms with Crippen LogP contribution in [0, 0.1) is 5.41 Å². The van der Waals surface area contributed by atoms with Gasteiger partial charge in [0.2, 0.25) is 0 Å². The summed E-state index contributed by atoms with van der Waals surface area (Å²) in [5.41, 5.74) is 0.186. The van der Waals surface area contributed by atoms with E-state index in [1.54, 1.807) is 43.5 Å². The van der Waals surface area contributed by atoms with Crippen LogP contribution >= 0.6 is 0 Å². The number of carbonyl (C=O) groups excluding carboxylic acids is 2. The van der Waals surface area contributed by atoms with Crippen molar-refractivity contribution in [3.8, 4) is 0 Å². The van der Waals surface area contributed by atoms with E-state index in [0.29, 0.717) is 23.0 Å². The zero-order valence-corrected chi connectivity index (χ0v) is 16.2. The molecule has 0 N–H and O–H groups in total. The van der Waals surface area contributed by atoms with Crippen LogP contribution < -0.4 is 5.56 Å². The number of aromatic nitrogens is 2. The Kier molecular flexibility index (Phi) is 5.44. The number of ketones is 1. The fraction of sp³-hybridized carbons (Fsp3) is 0.524. The molecular weight excluding hydrogens is 344 g/mol. The Morgan fingerprint density at radius 2 is 1.89 bits per heavy atom. The lowest BCUT2D eigenvalue weighted by Gasteiger charge is -2.17. The van der Waals surface area contributed by atoms with Gasteiger partial charge in [-0.2, -0.15) is 0 Å². The molecule has 6 nitrogen and oxygen atoms in total. The summed E-state index contributed by atoms with van der Waals surface area (Å²) < 4.78 is 6.91. The van der Waals surface area contributed by atoms with E-state index in [2.05, 4.69) is 4.98 Å². The smallest absolute Gasteiger partial charge is 0.338 e. The van der Waals surface area contributed by atoms with Crippen LogP contribution in [0.3, 0.4) is 0 Å². The molecule has 27 heavy (non-hydrogen) atoms. The molecule has 2 heterocycles. The average molecular weight is 370 g/mol. The minimum absolute atomic E-state index is 0.0558. The summed E-state index contributed by atoms with van der Waals surface area (Å²) in [6.45, 7) is 5.77. The summed E-state index contributed by atoms with van der Waals surface area (Å²) in [6.07, 6.45) is 5.02. The SMILES string of the molecule is CC(C)(C)C(=O)COC(=O)c1ccc2c(=O)n3c(nc2c1)CCCCCC3. The first-order chi connectivity index (χ1) is 12.8. The van der Waals surface area contributed by atoms with Crippen molar-refractivity contribution in [2.24, 2.45) is 5.41 Å². The molecule has 0 radical (unpaired) electrons. The number of ether oxygens (including phenoxy) is 1. The van der Waals surface area contributed by atoms with Gasteiger partial charge < -0.3 is 4.74 Å². The number of fused-ring (bicyclic) bond motifs is 2. The molecule has 0 saturated carbocycles. The second-order valence-electron chi connectivity index (χ2n) is 8.13. The summed E-state index contributed by atoms with van der Waals surface area (Å²) in [5.74, 6) is 0.0539. The van der Waals surface area contributed by atoms with Crippen LogP contribution in [0.4, 0.5) is 0 Å². The first-order valence-corrected chi connectivity index (χ1v) is 9.51. The number of nitrogens with zero attached hydrogens (tertiary/aromatic N) is 2. The van der Waals surface area contributed by atoms with E-state index in [0.717, 1.165) is 37.9 Å². The number of hydrogen-bond acceptors (Lipinski definition) is 5. The van der Waals surface area contributed by atoms with Gasteiger partial charge in [-0.3, -0.25) is 14.2 Å². The normalized spacial score (nSPS) is 14.9. The Labute approximate surface area is 158 Å². The molecule has 144 valence electrons. The summed E-state index contributed by atoms with van der Waals surface area (Å²) in [5, 5.41) is 0.502. The van der Waals surface area contributed by atoms with Gasteiger partial charge in [0.25, 0.3) is 5.56 Å². The highest BCUT2D eigenvalue weighted by Crippen LogP contribution is 2.18. The zero-order chi connectivity index (χ0) is 19.6. The molecule has 1 aromatic heterocycles. The van der Waals surface area contributed by atoms with Crippen molar-refractivity contribution >= 4 is 22.7 Å². The lowest BCUT2D eigenvalue weighted by molar-refractivity contribution is -0.129. The molecular formula is C21H26N2O4. The molecule has 0 spiro atoms. The van der Waals surface area contributed by atoms with E-state index < -0.39 is 11.4 Å². The molecule has 0 atom stereocenters. The third-order valence-corrected chi connectivity index (χ3v) is 4.97. The van der Waals surface area contributed by atoms with Crippen LogP contribution in [0.25, 0.3) is 10.9 Å². The van der Waals surface area contributed by atoms with Gasteiger partial charge in [-0.05, 0) is 31.0 Å². The first-order valence-electron chi connectivity index (χ1n) is 9.51. The Balaban J connectivity index is 1.88. The zero-order valence-electron chi connectivity index (χ0n) is 16.2. The Hall–Kier alpha value is -2.50. The van der Waals surface area contributed by atoms with Crippen molar-refractivity contribution in [1.29, 1.82) is 0 Å². The highest BCUT2D eigenvalue weighted by Gasteiger charge is 2.23. The maximum absolute atomic E-state index is 12.8. The maximum Gasteiger partial charge on any atom is 0.338 e. The highest BCUT2D eigenvalue weighted by molar-refractivity contribution is 5.95. The van der Waals surface area contributed by atoms with Crippen molar-refractivity contribution in [3.63, 3.8) is 0 Å². The fourth-order valence-electron chi connectivity index (χ4n) is 3.15. The van der Waals surface area contributed by atoms with E-state index in [1.165, 1.54) is 0 Å². The third kappa shape index (κ3) is 4.26. The minimum atomic E-state index is -0.580. The van der Waals surface area contributed by atoms with Gasteiger partial charge in [0.05, 0.1) is 16.5 Å². The van der Waals surface area contributed by atoms with Gasteiger partial charge in [-0.1, -0.05) is 33.6 Å². The number of benzene rings is 1. The van der Waals surface area contributed by atoms with Crippen molar-refractivity contribution < 1.29 is 14.3 Å². The molecule has 3 rings (SSSR count). The number of Topliss-reactive ketones (excluding diaryl/α,β-unsaturated/α-hetero) is 1. The van der Waals surface area contributed by atoms with E-state index in [-0.39, 0.29) is 17.9 Å². The second kappa shape index (κ2) is 7.62. The molecule has 1 aliphatic heterocycles. The Bertz CT molecular complexity index is 938. The molecule has 0 bridgehead atoms. The van der Waals surface area contributed by atoms with Gasteiger partial charge in [-0.15, -0.1) is 0 Å². The van der Waals surface area contributed by atoms with Gasteiger partial charge in [0, 0.05) is 18.4 Å². The predicted octanol–water partition coefficient (Wildman–Crippen LogP) is 3.29. The molecule has 6 heteroatoms. The maximum atomic E-state index is 12.8. The fourth-order valence-corrected chi connectivity index (χ4v) is 3.15. The van der Waals surface area contributed by atoms with Crippen molar-refractivity contribution in [2.45, 2.75) is 59.4 Å². The van der Waals surface area contributed by atoms with Crippen molar-refractivity contribution in [2.75, 3.05) is 6.61 Å². The molecule has 1 aliphatic rings. The topological polar surface area (TPSA) is 78.3 Å². The van der Waals surface area contributed by atoms with E-state index in [9.17, 15) is 14.4 Å². The van der Waals surface area contributed by atoms with Crippen molar-refractivity contribution in [3.05, 3.63) is 39.9 Å². The van der Waals surface area contributed by atoms with E-state index >= 15 is 0 Å². The summed E-state index contributed by atoms with van der Waals surface area (Å²) in [7, 11) is 0. The summed E-state index contributed by atoms with van der Waals surface area (Å²) in [6, 6.07) is 4.77. The number of esters is 1. The quantitative estimate of drug-likeness (QED) is 0.775. The summed E-state index contributed by atoms with van der Waals surface area (Å²) in [4.78, 5) is 41.7. The Morgan fingerprint density at radius 3 is 2.63 bits per heavy atom.